The smallest absolute Gasteiger partial charge is 0.0166 e. The van der Waals surface area contributed by atoms with Gasteiger partial charge in [0.15, 0.2) is 0 Å². The highest BCUT2D eigenvalue weighted by Gasteiger charge is 2.19. The van der Waals surface area contributed by atoms with Gasteiger partial charge in [0, 0.05) is 19.6 Å². The summed E-state index contributed by atoms with van der Waals surface area (Å²) >= 11 is 0. The second-order valence-electron chi connectivity index (χ2n) is 5.98. The lowest BCUT2D eigenvalue weighted by Gasteiger charge is -2.32. The topological polar surface area (TPSA) is 3.24 Å². The van der Waals surface area contributed by atoms with Crippen molar-refractivity contribution >= 4 is 0 Å². The molecule has 1 heteroatoms. The molecule has 1 aliphatic rings. The van der Waals surface area contributed by atoms with E-state index >= 15 is 0 Å². The molecule has 0 spiro atoms. The molecule has 0 saturated carbocycles. The first-order valence-corrected chi connectivity index (χ1v) is 6.80. The molecule has 1 rings (SSSR count). The van der Waals surface area contributed by atoms with Crippen LogP contribution >= 0.6 is 0 Å². The van der Waals surface area contributed by atoms with E-state index in [1.165, 1.54) is 19.5 Å². The van der Waals surface area contributed by atoms with Crippen molar-refractivity contribution in [3.05, 3.63) is 11.6 Å². The van der Waals surface area contributed by atoms with Crippen molar-refractivity contribution in [2.75, 3.05) is 19.6 Å². The van der Waals surface area contributed by atoms with Crippen molar-refractivity contribution in [1.29, 1.82) is 0 Å². The molecule has 0 aromatic heterocycles. The van der Waals surface area contributed by atoms with Gasteiger partial charge in [0.05, 0.1) is 0 Å². The minimum atomic E-state index is 0.434. The molecule has 0 saturated heterocycles. The van der Waals surface area contributed by atoms with Crippen LogP contribution in [0.1, 0.15) is 54.9 Å². The molecule has 0 amide bonds. The second kappa shape index (κ2) is 7.11. The van der Waals surface area contributed by atoms with Crippen LogP contribution in [0.25, 0.3) is 0 Å². The molecule has 0 aliphatic carbocycles. The van der Waals surface area contributed by atoms with Crippen LogP contribution in [-0.2, 0) is 0 Å². The van der Waals surface area contributed by atoms with E-state index in [0.717, 1.165) is 12.5 Å². The molecule has 0 N–H and O–H groups in total. The highest BCUT2D eigenvalue weighted by atomic mass is 15.1. The van der Waals surface area contributed by atoms with Crippen LogP contribution in [0.2, 0.25) is 0 Å². The maximum absolute atomic E-state index is 2.56. The molecule has 16 heavy (non-hydrogen) atoms. The first kappa shape index (κ1) is 15.7. The molecular formula is C15H31N. The van der Waals surface area contributed by atoms with E-state index < -0.39 is 0 Å². The van der Waals surface area contributed by atoms with E-state index in [0.29, 0.717) is 5.41 Å². The van der Waals surface area contributed by atoms with Crippen molar-refractivity contribution in [1.82, 2.24) is 4.90 Å². The van der Waals surface area contributed by atoms with E-state index in [2.05, 4.69) is 45.6 Å². The first-order chi connectivity index (χ1) is 7.38. The quantitative estimate of drug-likeness (QED) is 0.632. The summed E-state index contributed by atoms with van der Waals surface area (Å²) in [5.41, 5.74) is 2.08. The van der Waals surface area contributed by atoms with E-state index in [1.54, 1.807) is 5.57 Å². The summed E-state index contributed by atoms with van der Waals surface area (Å²) in [6, 6.07) is 0. The lowest BCUT2D eigenvalue weighted by Crippen LogP contribution is -2.36. The van der Waals surface area contributed by atoms with Crippen molar-refractivity contribution in [3.63, 3.8) is 0 Å². The van der Waals surface area contributed by atoms with Crippen molar-refractivity contribution in [2.24, 2.45) is 11.3 Å². The van der Waals surface area contributed by atoms with Crippen molar-refractivity contribution < 1.29 is 0 Å². The Hall–Kier alpha value is -0.300. The fourth-order valence-corrected chi connectivity index (χ4v) is 2.07. The maximum Gasteiger partial charge on any atom is 0.0166 e. The summed E-state index contributed by atoms with van der Waals surface area (Å²) in [7, 11) is 0. The zero-order valence-electron chi connectivity index (χ0n) is 12.4. The lowest BCUT2D eigenvalue weighted by atomic mass is 9.93. The molecule has 0 fully saturated rings. The van der Waals surface area contributed by atoms with Crippen LogP contribution in [0.4, 0.5) is 0 Å². The molecule has 1 aliphatic heterocycles. The van der Waals surface area contributed by atoms with Crippen LogP contribution in [0.5, 0.6) is 0 Å². The van der Waals surface area contributed by atoms with Gasteiger partial charge in [0.1, 0.15) is 0 Å². The summed E-state index contributed by atoms with van der Waals surface area (Å²) in [4.78, 5) is 2.56. The zero-order valence-corrected chi connectivity index (χ0v) is 12.4. The van der Waals surface area contributed by atoms with E-state index in [4.69, 9.17) is 0 Å². The largest absolute Gasteiger partial charge is 0.299 e. The van der Waals surface area contributed by atoms with Gasteiger partial charge in [-0.1, -0.05) is 60.1 Å². The number of hydrogen-bond acceptors (Lipinski definition) is 1. The third-order valence-corrected chi connectivity index (χ3v) is 2.77. The van der Waals surface area contributed by atoms with Crippen LogP contribution in [-0.4, -0.2) is 24.5 Å². The predicted molar refractivity (Wildman–Crippen MR) is 74.8 cm³/mol. The van der Waals surface area contributed by atoms with Crippen LogP contribution in [0.15, 0.2) is 11.6 Å². The Morgan fingerprint density at radius 3 is 2.12 bits per heavy atom. The van der Waals surface area contributed by atoms with E-state index in [-0.39, 0.29) is 0 Å². The lowest BCUT2D eigenvalue weighted by molar-refractivity contribution is 0.201. The van der Waals surface area contributed by atoms with Gasteiger partial charge < -0.3 is 0 Å². The highest BCUT2D eigenvalue weighted by Crippen LogP contribution is 2.22. The van der Waals surface area contributed by atoms with Crippen LogP contribution in [0, 0.1) is 11.3 Å². The molecule has 0 atom stereocenters. The fourth-order valence-electron chi connectivity index (χ4n) is 2.07. The zero-order chi connectivity index (χ0) is 12.8. The third-order valence-electron chi connectivity index (χ3n) is 2.77. The molecule has 0 bridgehead atoms. The summed E-state index contributed by atoms with van der Waals surface area (Å²) in [6.45, 7) is 19.2. The monoisotopic (exact) mass is 225 g/mol. The average Bonchev–Trinajstić information content (AvgIpc) is 2.19. The molecular weight excluding hydrogens is 194 g/mol. The Labute approximate surface area is 103 Å². The maximum atomic E-state index is 2.56. The van der Waals surface area contributed by atoms with Gasteiger partial charge in [-0.15, -0.1) is 0 Å². The molecule has 0 aromatic carbocycles. The number of hydrogen-bond donors (Lipinski definition) is 0. The van der Waals surface area contributed by atoms with Gasteiger partial charge in [-0.3, -0.25) is 4.90 Å². The molecule has 1 heterocycles. The molecule has 1 nitrogen and oxygen atoms in total. The van der Waals surface area contributed by atoms with Crippen molar-refractivity contribution in [2.45, 2.75) is 54.9 Å². The number of rotatable bonds is 2. The first-order valence-electron chi connectivity index (χ1n) is 6.80. The van der Waals surface area contributed by atoms with Gasteiger partial charge in [0.25, 0.3) is 0 Å². The third kappa shape index (κ3) is 6.32. The standard InChI is InChI=1S/C13H25N.C2H6/c1-11(2)12-6-8-14(9-7-12)10-13(3,4)5;1-2/h6,11H,7-10H2,1-5H3;1-2H3. The molecule has 0 unspecified atom stereocenters. The predicted octanol–water partition coefficient (Wildman–Crippen LogP) is 4.35. The summed E-state index contributed by atoms with van der Waals surface area (Å²) in [5, 5.41) is 0. The Morgan fingerprint density at radius 2 is 1.81 bits per heavy atom. The van der Waals surface area contributed by atoms with Gasteiger partial charge >= 0.3 is 0 Å². The Bertz CT molecular complexity index is 208. The van der Waals surface area contributed by atoms with E-state index in [1.807, 2.05) is 13.8 Å². The van der Waals surface area contributed by atoms with Gasteiger partial charge in [-0.25, -0.2) is 0 Å². The van der Waals surface area contributed by atoms with Gasteiger partial charge in [0.2, 0.25) is 0 Å². The Morgan fingerprint density at radius 1 is 1.25 bits per heavy atom. The molecule has 0 aromatic rings. The number of nitrogens with zero attached hydrogens (tertiary/aromatic N) is 1. The second-order valence-corrected chi connectivity index (χ2v) is 5.98. The van der Waals surface area contributed by atoms with Crippen molar-refractivity contribution in [3.8, 4) is 0 Å². The van der Waals surface area contributed by atoms with Crippen LogP contribution < -0.4 is 0 Å². The highest BCUT2D eigenvalue weighted by molar-refractivity contribution is 5.09. The van der Waals surface area contributed by atoms with Gasteiger partial charge in [-0.2, -0.15) is 0 Å². The Balaban J connectivity index is 0.00000106. The van der Waals surface area contributed by atoms with Gasteiger partial charge in [-0.05, 0) is 17.8 Å². The normalized spacial score (nSPS) is 17.9. The van der Waals surface area contributed by atoms with Crippen LogP contribution in [0.3, 0.4) is 0 Å². The minimum absolute atomic E-state index is 0.434. The SMILES string of the molecule is CC.CC(C)C1=CCN(CC(C)(C)C)CC1. The fraction of sp³-hybridized carbons (Fsp3) is 0.867. The molecule has 96 valence electrons. The summed E-state index contributed by atoms with van der Waals surface area (Å²) in [5.74, 6) is 0.742. The summed E-state index contributed by atoms with van der Waals surface area (Å²) in [6.07, 6.45) is 3.70. The summed E-state index contributed by atoms with van der Waals surface area (Å²) < 4.78 is 0. The van der Waals surface area contributed by atoms with E-state index in [9.17, 15) is 0 Å². The Kier molecular flexibility index (Phi) is 6.98. The molecule has 0 radical (unpaired) electrons. The minimum Gasteiger partial charge on any atom is -0.299 e. The average molecular weight is 225 g/mol.